The lowest BCUT2D eigenvalue weighted by Crippen LogP contribution is -2.29. The van der Waals surface area contributed by atoms with E-state index < -0.39 is 0 Å². The van der Waals surface area contributed by atoms with Gasteiger partial charge in [-0.3, -0.25) is 4.68 Å². The maximum atomic E-state index is 6.35. The van der Waals surface area contributed by atoms with Crippen molar-refractivity contribution in [2.24, 2.45) is 7.05 Å². The Bertz CT molecular complexity index is 352. The molecule has 1 heterocycles. The molecule has 1 aromatic rings. The first kappa shape index (κ1) is 14.9. The van der Waals surface area contributed by atoms with Crippen molar-refractivity contribution < 1.29 is 0 Å². The van der Waals surface area contributed by atoms with Crippen molar-refractivity contribution in [2.75, 3.05) is 19.1 Å². The van der Waals surface area contributed by atoms with Gasteiger partial charge in [-0.1, -0.05) is 18.5 Å². The minimum absolute atomic E-state index is 0.472. The van der Waals surface area contributed by atoms with Crippen LogP contribution < -0.4 is 5.32 Å². The molecule has 5 heteroatoms. The highest BCUT2D eigenvalue weighted by Crippen LogP contribution is 2.22. The Balaban J connectivity index is 2.75. The number of halogens is 1. The molecule has 0 radical (unpaired) electrons. The first-order chi connectivity index (χ1) is 8.13. The van der Waals surface area contributed by atoms with Gasteiger partial charge < -0.3 is 5.32 Å². The Morgan fingerprint density at radius 2 is 2.24 bits per heavy atom. The van der Waals surface area contributed by atoms with Gasteiger partial charge >= 0.3 is 0 Å². The van der Waals surface area contributed by atoms with Crippen molar-refractivity contribution in [3.63, 3.8) is 0 Å². The molecule has 0 spiro atoms. The Morgan fingerprint density at radius 3 is 2.71 bits per heavy atom. The molecule has 1 aromatic heterocycles. The van der Waals surface area contributed by atoms with Gasteiger partial charge in [0.25, 0.3) is 0 Å². The van der Waals surface area contributed by atoms with E-state index in [9.17, 15) is 0 Å². The van der Waals surface area contributed by atoms with Gasteiger partial charge in [-0.15, -0.1) is 0 Å². The fourth-order valence-electron chi connectivity index (χ4n) is 1.88. The Labute approximate surface area is 113 Å². The fourth-order valence-corrected chi connectivity index (χ4v) is 2.77. The summed E-state index contributed by atoms with van der Waals surface area (Å²) in [6, 6.07) is 0.472. The SMILES string of the molecule is CCc1nn(C)c(CC(CCSC)NC)c1Cl. The first-order valence-electron chi connectivity index (χ1n) is 6.00. The second-order valence-corrected chi connectivity index (χ2v) is 5.52. The van der Waals surface area contributed by atoms with Crippen molar-refractivity contribution >= 4 is 23.4 Å². The van der Waals surface area contributed by atoms with E-state index in [0.717, 1.165) is 35.7 Å². The topological polar surface area (TPSA) is 29.9 Å². The second-order valence-electron chi connectivity index (χ2n) is 4.16. The summed E-state index contributed by atoms with van der Waals surface area (Å²) in [5.74, 6) is 1.17. The first-order valence-corrected chi connectivity index (χ1v) is 7.77. The second kappa shape index (κ2) is 7.29. The van der Waals surface area contributed by atoms with Gasteiger partial charge in [0.05, 0.1) is 16.4 Å². The van der Waals surface area contributed by atoms with Crippen LogP contribution in [0.2, 0.25) is 5.02 Å². The lowest BCUT2D eigenvalue weighted by Gasteiger charge is -2.15. The van der Waals surface area contributed by atoms with Crippen molar-refractivity contribution in [2.45, 2.75) is 32.2 Å². The van der Waals surface area contributed by atoms with Crippen molar-refractivity contribution in [3.8, 4) is 0 Å². The summed E-state index contributed by atoms with van der Waals surface area (Å²) in [7, 11) is 3.98. The summed E-state index contributed by atoms with van der Waals surface area (Å²) in [5.41, 5.74) is 2.15. The number of aryl methyl sites for hydroxylation is 2. The molecule has 0 aliphatic rings. The zero-order valence-corrected chi connectivity index (χ0v) is 12.7. The number of likely N-dealkylation sites (N-methyl/N-ethyl adjacent to an activating group) is 1. The Kier molecular flexibility index (Phi) is 6.38. The van der Waals surface area contributed by atoms with Crippen LogP contribution in [0.4, 0.5) is 0 Å². The van der Waals surface area contributed by atoms with Crippen LogP contribution in [0, 0.1) is 0 Å². The average Bonchev–Trinajstić information content (AvgIpc) is 2.60. The molecule has 0 saturated heterocycles. The lowest BCUT2D eigenvalue weighted by molar-refractivity contribution is 0.526. The molecule has 0 amide bonds. The third-order valence-corrected chi connectivity index (χ3v) is 4.10. The van der Waals surface area contributed by atoms with Crippen LogP contribution in [0.3, 0.4) is 0 Å². The smallest absolute Gasteiger partial charge is 0.0850 e. The molecule has 17 heavy (non-hydrogen) atoms. The largest absolute Gasteiger partial charge is 0.317 e. The molecular weight excluding hydrogens is 254 g/mol. The van der Waals surface area contributed by atoms with E-state index in [1.807, 2.05) is 30.5 Å². The van der Waals surface area contributed by atoms with Gasteiger partial charge in [0, 0.05) is 19.5 Å². The summed E-state index contributed by atoms with van der Waals surface area (Å²) >= 11 is 8.23. The predicted molar refractivity (Wildman–Crippen MR) is 77.1 cm³/mol. The predicted octanol–water partition coefficient (Wildman–Crippen LogP) is 2.52. The van der Waals surface area contributed by atoms with Gasteiger partial charge in [0.15, 0.2) is 0 Å². The average molecular weight is 276 g/mol. The zero-order valence-electron chi connectivity index (χ0n) is 11.1. The van der Waals surface area contributed by atoms with Crippen LogP contribution >= 0.6 is 23.4 Å². The third-order valence-electron chi connectivity index (χ3n) is 3.02. The van der Waals surface area contributed by atoms with Crippen molar-refractivity contribution in [1.29, 1.82) is 0 Å². The Hall–Kier alpha value is -0.190. The monoisotopic (exact) mass is 275 g/mol. The maximum Gasteiger partial charge on any atom is 0.0850 e. The molecule has 0 fully saturated rings. The Morgan fingerprint density at radius 1 is 1.53 bits per heavy atom. The normalized spacial score (nSPS) is 13.0. The molecule has 1 unspecified atom stereocenters. The molecule has 0 aromatic carbocycles. The number of hydrogen-bond donors (Lipinski definition) is 1. The van der Waals surface area contributed by atoms with Crippen molar-refractivity contribution in [3.05, 3.63) is 16.4 Å². The molecule has 0 bridgehead atoms. The number of thioether (sulfide) groups is 1. The fraction of sp³-hybridized carbons (Fsp3) is 0.750. The summed E-state index contributed by atoms with van der Waals surface area (Å²) in [4.78, 5) is 0. The molecule has 1 atom stereocenters. The van der Waals surface area contributed by atoms with Gasteiger partial charge in [0.1, 0.15) is 0 Å². The van der Waals surface area contributed by atoms with E-state index in [1.54, 1.807) is 0 Å². The van der Waals surface area contributed by atoms with Gasteiger partial charge in [0.2, 0.25) is 0 Å². The van der Waals surface area contributed by atoms with Gasteiger partial charge in [-0.2, -0.15) is 16.9 Å². The summed E-state index contributed by atoms with van der Waals surface area (Å²) in [6.45, 7) is 2.08. The van der Waals surface area contributed by atoms with E-state index in [-0.39, 0.29) is 0 Å². The summed E-state index contributed by atoms with van der Waals surface area (Å²) < 4.78 is 1.92. The molecule has 3 nitrogen and oxygen atoms in total. The number of aromatic nitrogens is 2. The molecule has 0 aliphatic carbocycles. The summed E-state index contributed by atoms with van der Waals surface area (Å²) in [5, 5.41) is 8.65. The quantitative estimate of drug-likeness (QED) is 0.829. The van der Waals surface area contributed by atoms with Crippen LogP contribution in [-0.2, 0) is 19.9 Å². The summed E-state index contributed by atoms with van der Waals surface area (Å²) in [6.07, 6.45) is 5.13. The minimum atomic E-state index is 0.472. The van der Waals surface area contributed by atoms with Gasteiger partial charge in [-0.05, 0) is 31.9 Å². The van der Waals surface area contributed by atoms with Crippen LogP contribution in [0.15, 0.2) is 0 Å². The number of hydrogen-bond acceptors (Lipinski definition) is 3. The number of nitrogens with zero attached hydrogens (tertiary/aromatic N) is 2. The molecule has 0 saturated carbocycles. The number of nitrogens with one attached hydrogen (secondary N) is 1. The minimum Gasteiger partial charge on any atom is -0.317 e. The molecule has 98 valence electrons. The van der Waals surface area contributed by atoms with Crippen molar-refractivity contribution in [1.82, 2.24) is 15.1 Å². The highest BCUT2D eigenvalue weighted by atomic mass is 35.5. The number of rotatable bonds is 7. The molecule has 0 aliphatic heterocycles. The third kappa shape index (κ3) is 3.90. The van der Waals surface area contributed by atoms with E-state index in [1.165, 1.54) is 5.75 Å². The zero-order chi connectivity index (χ0) is 12.8. The molecular formula is C12H22ClN3S. The maximum absolute atomic E-state index is 6.35. The van der Waals surface area contributed by atoms with Crippen LogP contribution in [0.25, 0.3) is 0 Å². The highest BCUT2D eigenvalue weighted by molar-refractivity contribution is 7.98. The van der Waals surface area contributed by atoms with E-state index in [2.05, 4.69) is 23.6 Å². The standard InChI is InChI=1S/C12H22ClN3S/c1-5-10-12(13)11(16(3)15-10)8-9(14-2)6-7-17-4/h9,14H,5-8H2,1-4H3. The van der Waals surface area contributed by atoms with E-state index >= 15 is 0 Å². The highest BCUT2D eigenvalue weighted by Gasteiger charge is 2.16. The van der Waals surface area contributed by atoms with Crippen LogP contribution in [0.5, 0.6) is 0 Å². The van der Waals surface area contributed by atoms with Gasteiger partial charge in [-0.25, -0.2) is 0 Å². The van der Waals surface area contributed by atoms with Crippen LogP contribution in [0.1, 0.15) is 24.7 Å². The molecule has 1 N–H and O–H groups in total. The van der Waals surface area contributed by atoms with E-state index in [0.29, 0.717) is 6.04 Å². The molecule has 1 rings (SSSR count). The van der Waals surface area contributed by atoms with Crippen LogP contribution in [-0.4, -0.2) is 34.9 Å². The lowest BCUT2D eigenvalue weighted by atomic mass is 10.1. The van der Waals surface area contributed by atoms with E-state index in [4.69, 9.17) is 11.6 Å².